The highest BCUT2D eigenvalue weighted by Gasteiger charge is 2.16. The van der Waals surface area contributed by atoms with Crippen molar-refractivity contribution in [3.05, 3.63) is 64.1 Å². The smallest absolute Gasteiger partial charge is 0.347 e. The normalized spacial score (nSPS) is 14.8. The van der Waals surface area contributed by atoms with Crippen molar-refractivity contribution in [3.63, 3.8) is 0 Å². The van der Waals surface area contributed by atoms with E-state index in [9.17, 15) is 14.9 Å². The van der Waals surface area contributed by atoms with Crippen molar-refractivity contribution < 1.29 is 14.5 Å². The van der Waals surface area contributed by atoms with E-state index < -0.39 is 4.92 Å². The SMILES string of the molecule is C=Cn1c([N+](=O)[O-])cnc1/C=C/c1ccc(C(=O)OCCN2CCCCC2)cc1. The summed E-state index contributed by atoms with van der Waals surface area (Å²) in [6.45, 7) is 6.89. The molecule has 1 aliphatic rings. The van der Waals surface area contributed by atoms with E-state index in [0.29, 0.717) is 18.0 Å². The molecule has 2 aromatic rings. The van der Waals surface area contributed by atoms with Crippen LogP contribution in [0.15, 0.2) is 37.0 Å². The van der Waals surface area contributed by atoms with E-state index in [1.165, 1.54) is 36.2 Å². The maximum atomic E-state index is 12.2. The van der Waals surface area contributed by atoms with Gasteiger partial charge in [-0.1, -0.05) is 25.1 Å². The van der Waals surface area contributed by atoms with Gasteiger partial charge < -0.3 is 14.9 Å². The number of ether oxygens (including phenoxy) is 1. The van der Waals surface area contributed by atoms with Gasteiger partial charge in [-0.2, -0.15) is 4.57 Å². The summed E-state index contributed by atoms with van der Waals surface area (Å²) in [6, 6.07) is 6.97. The summed E-state index contributed by atoms with van der Waals surface area (Å²) in [5, 5.41) is 11.0. The Morgan fingerprint density at radius 1 is 1.21 bits per heavy atom. The zero-order chi connectivity index (χ0) is 20.6. The minimum Gasteiger partial charge on any atom is -0.461 e. The van der Waals surface area contributed by atoms with Gasteiger partial charge in [0.05, 0.1) is 11.8 Å². The van der Waals surface area contributed by atoms with Crippen LogP contribution in [-0.4, -0.2) is 51.6 Å². The van der Waals surface area contributed by atoms with Gasteiger partial charge in [0.25, 0.3) is 0 Å². The van der Waals surface area contributed by atoms with Crippen molar-refractivity contribution in [3.8, 4) is 0 Å². The Labute approximate surface area is 169 Å². The molecule has 8 nitrogen and oxygen atoms in total. The number of likely N-dealkylation sites (tertiary alicyclic amines) is 1. The third-order valence-electron chi connectivity index (χ3n) is 4.84. The molecule has 0 bridgehead atoms. The lowest BCUT2D eigenvalue weighted by molar-refractivity contribution is -0.390. The maximum Gasteiger partial charge on any atom is 0.347 e. The number of nitro groups is 1. The quantitative estimate of drug-likeness (QED) is 0.384. The third kappa shape index (κ3) is 5.39. The molecule has 0 spiro atoms. The molecule has 0 radical (unpaired) electrons. The zero-order valence-corrected chi connectivity index (χ0v) is 16.2. The molecule has 1 saturated heterocycles. The molecule has 0 saturated carbocycles. The van der Waals surface area contributed by atoms with Crippen LogP contribution in [-0.2, 0) is 4.74 Å². The van der Waals surface area contributed by atoms with Crippen molar-refractivity contribution in [1.82, 2.24) is 14.5 Å². The summed E-state index contributed by atoms with van der Waals surface area (Å²) in [5.41, 5.74) is 1.32. The lowest BCUT2D eigenvalue weighted by Crippen LogP contribution is -2.33. The Kier molecular flexibility index (Phi) is 6.91. The van der Waals surface area contributed by atoms with Gasteiger partial charge in [0.15, 0.2) is 0 Å². The molecule has 0 amide bonds. The average molecular weight is 396 g/mol. The minimum absolute atomic E-state index is 0.151. The second-order valence-corrected chi connectivity index (χ2v) is 6.78. The fourth-order valence-electron chi connectivity index (χ4n) is 3.25. The van der Waals surface area contributed by atoms with Gasteiger partial charge in [-0.05, 0) is 54.6 Å². The summed E-state index contributed by atoms with van der Waals surface area (Å²) >= 11 is 0. The van der Waals surface area contributed by atoms with Crippen molar-refractivity contribution in [2.45, 2.75) is 19.3 Å². The molecule has 0 N–H and O–H groups in total. The van der Waals surface area contributed by atoms with E-state index >= 15 is 0 Å². The Bertz CT molecular complexity index is 896. The number of benzene rings is 1. The molecule has 0 aliphatic carbocycles. The van der Waals surface area contributed by atoms with Crippen LogP contribution in [0.3, 0.4) is 0 Å². The second-order valence-electron chi connectivity index (χ2n) is 6.78. The summed E-state index contributed by atoms with van der Waals surface area (Å²) in [6.07, 6.45) is 9.65. The molecule has 3 rings (SSSR count). The number of carbonyl (C=O) groups is 1. The van der Waals surface area contributed by atoms with Crippen molar-refractivity contribution >= 4 is 30.1 Å². The van der Waals surface area contributed by atoms with Crippen molar-refractivity contribution in [2.75, 3.05) is 26.2 Å². The molecule has 1 fully saturated rings. The highest BCUT2D eigenvalue weighted by atomic mass is 16.6. The van der Waals surface area contributed by atoms with E-state index in [1.807, 2.05) is 0 Å². The fourth-order valence-corrected chi connectivity index (χ4v) is 3.25. The number of aromatic nitrogens is 2. The maximum absolute atomic E-state index is 12.2. The van der Waals surface area contributed by atoms with Crippen LogP contribution < -0.4 is 0 Å². The summed E-state index contributed by atoms with van der Waals surface area (Å²) < 4.78 is 6.66. The van der Waals surface area contributed by atoms with Crippen LogP contribution in [0.2, 0.25) is 0 Å². The van der Waals surface area contributed by atoms with E-state index in [-0.39, 0.29) is 11.8 Å². The molecule has 2 heterocycles. The second kappa shape index (κ2) is 9.79. The van der Waals surface area contributed by atoms with Gasteiger partial charge in [0.1, 0.15) is 12.8 Å². The summed E-state index contributed by atoms with van der Waals surface area (Å²) in [4.78, 5) is 29.0. The lowest BCUT2D eigenvalue weighted by atomic mass is 10.1. The van der Waals surface area contributed by atoms with Crippen LogP contribution in [0, 0.1) is 10.1 Å². The molecule has 152 valence electrons. The molecule has 1 aromatic heterocycles. The summed E-state index contributed by atoms with van der Waals surface area (Å²) in [7, 11) is 0. The fraction of sp³-hybridized carbons (Fsp3) is 0.333. The van der Waals surface area contributed by atoms with Gasteiger partial charge >= 0.3 is 11.8 Å². The molecule has 0 unspecified atom stereocenters. The van der Waals surface area contributed by atoms with Crippen LogP contribution in [0.1, 0.15) is 41.0 Å². The molecule has 1 aromatic carbocycles. The number of piperidine rings is 1. The van der Waals surface area contributed by atoms with Gasteiger partial charge in [-0.3, -0.25) is 4.90 Å². The Hall–Kier alpha value is -3.26. The Morgan fingerprint density at radius 3 is 2.59 bits per heavy atom. The first-order valence-electron chi connectivity index (χ1n) is 9.60. The van der Waals surface area contributed by atoms with E-state index in [2.05, 4.69) is 16.5 Å². The predicted octanol–water partition coefficient (Wildman–Crippen LogP) is 3.70. The third-order valence-corrected chi connectivity index (χ3v) is 4.84. The number of carbonyl (C=O) groups excluding carboxylic acids is 1. The van der Waals surface area contributed by atoms with E-state index in [1.54, 1.807) is 36.4 Å². The topological polar surface area (TPSA) is 90.5 Å². The first-order chi connectivity index (χ1) is 14.1. The molecular formula is C21H24N4O4. The molecule has 0 atom stereocenters. The van der Waals surface area contributed by atoms with E-state index in [0.717, 1.165) is 25.2 Å². The Morgan fingerprint density at radius 2 is 1.93 bits per heavy atom. The first kappa shape index (κ1) is 20.5. The zero-order valence-electron chi connectivity index (χ0n) is 16.2. The number of esters is 1. The van der Waals surface area contributed by atoms with Crippen molar-refractivity contribution in [2.24, 2.45) is 0 Å². The summed E-state index contributed by atoms with van der Waals surface area (Å²) in [5.74, 6) is -0.0921. The molecular weight excluding hydrogens is 372 g/mol. The van der Waals surface area contributed by atoms with Crippen LogP contribution in [0.5, 0.6) is 0 Å². The number of hydrogen-bond acceptors (Lipinski definition) is 6. The molecule has 1 aliphatic heterocycles. The number of hydrogen-bond donors (Lipinski definition) is 0. The van der Waals surface area contributed by atoms with Crippen LogP contribution in [0.25, 0.3) is 18.4 Å². The highest BCUT2D eigenvalue weighted by molar-refractivity contribution is 5.89. The standard InChI is InChI=1S/C21H24N4O4/c1-2-24-19(22-16-20(24)25(27)28)11-8-17-6-9-18(10-7-17)21(26)29-15-14-23-12-4-3-5-13-23/h2,6-11,16H,1,3-5,12-15H2/b11-8+. The van der Waals surface area contributed by atoms with E-state index in [4.69, 9.17) is 4.74 Å². The average Bonchev–Trinajstić information content (AvgIpc) is 3.16. The lowest BCUT2D eigenvalue weighted by Gasteiger charge is -2.25. The van der Waals surface area contributed by atoms with Gasteiger partial charge in [-0.25, -0.2) is 9.78 Å². The van der Waals surface area contributed by atoms with Gasteiger partial charge in [-0.15, -0.1) is 0 Å². The van der Waals surface area contributed by atoms with Crippen molar-refractivity contribution in [1.29, 1.82) is 0 Å². The number of rotatable bonds is 8. The first-order valence-corrected chi connectivity index (χ1v) is 9.60. The predicted molar refractivity (Wildman–Crippen MR) is 111 cm³/mol. The van der Waals surface area contributed by atoms with Gasteiger partial charge in [0, 0.05) is 12.6 Å². The van der Waals surface area contributed by atoms with Gasteiger partial charge in [0.2, 0.25) is 5.82 Å². The molecule has 29 heavy (non-hydrogen) atoms. The molecule has 8 heteroatoms. The minimum atomic E-state index is -0.516. The highest BCUT2D eigenvalue weighted by Crippen LogP contribution is 2.17. The van der Waals surface area contributed by atoms with Crippen LogP contribution in [0.4, 0.5) is 5.82 Å². The largest absolute Gasteiger partial charge is 0.461 e. The van der Waals surface area contributed by atoms with Crippen LogP contribution >= 0.6 is 0 Å². The number of nitrogens with zero attached hydrogens (tertiary/aromatic N) is 4. The number of imidazole rings is 1. The Balaban J connectivity index is 1.55. The monoisotopic (exact) mass is 396 g/mol.